The van der Waals surface area contributed by atoms with E-state index >= 15 is 0 Å². The third-order valence-corrected chi connectivity index (χ3v) is 3.98. The minimum absolute atomic E-state index is 0.0441. The summed E-state index contributed by atoms with van der Waals surface area (Å²) < 4.78 is 13.6. The fourth-order valence-electron chi connectivity index (χ4n) is 2.56. The number of carbonyl (C=O) groups excluding carboxylic acids is 1. The summed E-state index contributed by atoms with van der Waals surface area (Å²) in [5.74, 6) is -0.778. The maximum absolute atomic E-state index is 13.6. The molecular weight excluding hydrogens is 307 g/mol. The number of benzene rings is 2. The number of aliphatic hydroxyl groups excluding tert-OH is 1. The van der Waals surface area contributed by atoms with Crippen molar-refractivity contribution in [2.75, 3.05) is 24.5 Å². The normalized spacial score (nSPS) is 11.8. The first-order valence-electron chi connectivity index (χ1n) is 8.12. The fraction of sp³-hybridized carbons (Fsp3) is 0.316. The molecule has 2 aromatic carbocycles. The summed E-state index contributed by atoms with van der Waals surface area (Å²) in [6.45, 7) is 5.91. The Morgan fingerprint density at radius 3 is 2.33 bits per heavy atom. The van der Waals surface area contributed by atoms with Crippen molar-refractivity contribution in [3.8, 4) is 0 Å². The molecule has 0 spiro atoms. The van der Waals surface area contributed by atoms with Gasteiger partial charge in [0.25, 0.3) is 5.91 Å². The van der Waals surface area contributed by atoms with E-state index in [0.717, 1.165) is 18.8 Å². The van der Waals surface area contributed by atoms with Crippen molar-refractivity contribution in [1.82, 2.24) is 5.32 Å². The van der Waals surface area contributed by atoms with Gasteiger partial charge >= 0.3 is 0 Å². The number of aliphatic hydroxyl groups is 1. The third kappa shape index (κ3) is 4.32. The van der Waals surface area contributed by atoms with Crippen LogP contribution in [-0.4, -0.2) is 30.6 Å². The Kier molecular flexibility index (Phi) is 6.32. The Hall–Kier alpha value is -2.40. The largest absolute Gasteiger partial charge is 0.386 e. The Bertz CT molecular complexity index is 669. The maximum Gasteiger partial charge on any atom is 0.251 e. The van der Waals surface area contributed by atoms with Gasteiger partial charge in [-0.3, -0.25) is 4.79 Å². The van der Waals surface area contributed by atoms with Gasteiger partial charge in [0.15, 0.2) is 0 Å². The highest BCUT2D eigenvalue weighted by atomic mass is 19.1. The second-order valence-corrected chi connectivity index (χ2v) is 5.47. The van der Waals surface area contributed by atoms with Gasteiger partial charge in [-0.05, 0) is 44.2 Å². The molecular formula is C19H23FN2O2. The standard InChI is InChI=1S/C19H23FN2O2/c1-3-22(4-2)15-11-9-14(10-12-15)19(24)21-13-18(23)16-7-5-6-8-17(16)20/h5-12,18,23H,3-4,13H2,1-2H3,(H,21,24). The summed E-state index contributed by atoms with van der Waals surface area (Å²) in [6, 6.07) is 13.3. The Labute approximate surface area is 141 Å². The quantitative estimate of drug-likeness (QED) is 0.820. The number of nitrogens with zero attached hydrogens (tertiary/aromatic N) is 1. The molecule has 0 aliphatic rings. The summed E-state index contributed by atoms with van der Waals surface area (Å²) in [6.07, 6.45) is -1.08. The predicted octanol–water partition coefficient (Wildman–Crippen LogP) is 3.14. The topological polar surface area (TPSA) is 52.6 Å². The van der Waals surface area contributed by atoms with Gasteiger partial charge < -0.3 is 15.3 Å². The van der Waals surface area contributed by atoms with Gasteiger partial charge in [-0.25, -0.2) is 4.39 Å². The molecule has 0 saturated heterocycles. The van der Waals surface area contributed by atoms with Gasteiger partial charge in [0.1, 0.15) is 5.82 Å². The van der Waals surface area contributed by atoms with Crippen molar-refractivity contribution in [3.05, 3.63) is 65.5 Å². The lowest BCUT2D eigenvalue weighted by molar-refractivity contribution is 0.0914. The molecule has 1 amide bonds. The van der Waals surface area contributed by atoms with Gasteiger partial charge in [0.2, 0.25) is 0 Å². The van der Waals surface area contributed by atoms with Crippen LogP contribution in [0.3, 0.4) is 0 Å². The second-order valence-electron chi connectivity index (χ2n) is 5.47. The van der Waals surface area contributed by atoms with Crippen LogP contribution < -0.4 is 10.2 Å². The molecule has 2 N–H and O–H groups in total. The fourth-order valence-corrected chi connectivity index (χ4v) is 2.56. The van der Waals surface area contributed by atoms with Crippen LogP contribution in [0.1, 0.15) is 35.9 Å². The molecule has 0 aliphatic heterocycles. The van der Waals surface area contributed by atoms with Crippen LogP contribution in [0.2, 0.25) is 0 Å². The molecule has 1 atom stereocenters. The van der Waals surface area contributed by atoms with Crippen molar-refractivity contribution >= 4 is 11.6 Å². The number of halogens is 1. The minimum atomic E-state index is -1.08. The Morgan fingerprint density at radius 1 is 1.12 bits per heavy atom. The first-order valence-corrected chi connectivity index (χ1v) is 8.12. The zero-order chi connectivity index (χ0) is 17.5. The van der Waals surface area contributed by atoms with E-state index < -0.39 is 11.9 Å². The zero-order valence-corrected chi connectivity index (χ0v) is 14.0. The first kappa shape index (κ1) is 17.9. The zero-order valence-electron chi connectivity index (χ0n) is 14.0. The number of rotatable bonds is 7. The Balaban J connectivity index is 1.96. The smallest absolute Gasteiger partial charge is 0.251 e. The molecule has 0 heterocycles. The van der Waals surface area contributed by atoms with Crippen molar-refractivity contribution in [3.63, 3.8) is 0 Å². The van der Waals surface area contributed by atoms with Crippen molar-refractivity contribution in [2.24, 2.45) is 0 Å². The highest BCUT2D eigenvalue weighted by Gasteiger charge is 2.14. The molecule has 2 rings (SSSR count). The van der Waals surface area contributed by atoms with Crippen LogP contribution in [0.25, 0.3) is 0 Å². The van der Waals surface area contributed by atoms with Crippen LogP contribution in [-0.2, 0) is 0 Å². The number of amides is 1. The maximum atomic E-state index is 13.6. The predicted molar refractivity (Wildman–Crippen MR) is 93.7 cm³/mol. The molecule has 0 aliphatic carbocycles. The summed E-state index contributed by atoms with van der Waals surface area (Å²) in [4.78, 5) is 14.3. The highest BCUT2D eigenvalue weighted by molar-refractivity contribution is 5.94. The van der Waals surface area contributed by atoms with E-state index in [4.69, 9.17) is 0 Å². The van der Waals surface area contributed by atoms with Gasteiger partial charge in [0, 0.05) is 36.4 Å². The molecule has 0 radical (unpaired) electrons. The minimum Gasteiger partial charge on any atom is -0.386 e. The number of carbonyl (C=O) groups is 1. The van der Waals surface area contributed by atoms with Gasteiger partial charge in [-0.15, -0.1) is 0 Å². The van der Waals surface area contributed by atoms with E-state index in [-0.39, 0.29) is 18.0 Å². The van der Waals surface area contributed by atoms with Crippen LogP contribution in [0.15, 0.2) is 48.5 Å². The van der Waals surface area contributed by atoms with Gasteiger partial charge in [-0.2, -0.15) is 0 Å². The number of anilines is 1. The molecule has 5 heteroatoms. The lowest BCUT2D eigenvalue weighted by atomic mass is 10.1. The van der Waals surface area contributed by atoms with Crippen molar-refractivity contribution < 1.29 is 14.3 Å². The van der Waals surface area contributed by atoms with Crippen LogP contribution in [0.5, 0.6) is 0 Å². The summed E-state index contributed by atoms with van der Waals surface area (Å²) >= 11 is 0. The molecule has 128 valence electrons. The summed E-state index contributed by atoms with van der Waals surface area (Å²) in [5.41, 5.74) is 1.74. The number of nitrogens with one attached hydrogen (secondary N) is 1. The van der Waals surface area contributed by atoms with Crippen LogP contribution >= 0.6 is 0 Å². The van der Waals surface area contributed by atoms with Gasteiger partial charge in [0.05, 0.1) is 6.10 Å². The van der Waals surface area contributed by atoms with Crippen LogP contribution in [0, 0.1) is 5.82 Å². The van der Waals surface area contributed by atoms with E-state index in [0.29, 0.717) is 5.56 Å². The first-order chi connectivity index (χ1) is 11.6. The summed E-state index contributed by atoms with van der Waals surface area (Å²) in [5, 5.41) is 12.6. The van der Waals surface area contributed by atoms with Gasteiger partial charge in [-0.1, -0.05) is 18.2 Å². The second kappa shape index (κ2) is 8.45. The molecule has 24 heavy (non-hydrogen) atoms. The van der Waals surface area contributed by atoms with E-state index in [2.05, 4.69) is 24.1 Å². The average Bonchev–Trinajstić information content (AvgIpc) is 2.61. The van der Waals surface area contributed by atoms with Crippen LogP contribution in [0.4, 0.5) is 10.1 Å². The van der Waals surface area contributed by atoms with Crippen molar-refractivity contribution in [1.29, 1.82) is 0 Å². The SMILES string of the molecule is CCN(CC)c1ccc(C(=O)NCC(O)c2ccccc2F)cc1. The molecule has 0 saturated carbocycles. The summed E-state index contributed by atoms with van der Waals surface area (Å²) in [7, 11) is 0. The molecule has 0 aromatic heterocycles. The Morgan fingerprint density at radius 2 is 1.75 bits per heavy atom. The highest BCUT2D eigenvalue weighted by Crippen LogP contribution is 2.17. The third-order valence-electron chi connectivity index (χ3n) is 3.98. The molecule has 1 unspecified atom stereocenters. The van der Waals surface area contributed by atoms with E-state index in [1.54, 1.807) is 24.3 Å². The lowest BCUT2D eigenvalue weighted by Crippen LogP contribution is -2.28. The number of hydrogen-bond acceptors (Lipinski definition) is 3. The van der Waals surface area contributed by atoms with Crippen molar-refractivity contribution in [2.45, 2.75) is 20.0 Å². The molecule has 4 nitrogen and oxygen atoms in total. The average molecular weight is 330 g/mol. The molecule has 2 aromatic rings. The monoisotopic (exact) mass is 330 g/mol. The molecule has 0 bridgehead atoms. The van der Waals surface area contributed by atoms with E-state index in [9.17, 15) is 14.3 Å². The lowest BCUT2D eigenvalue weighted by Gasteiger charge is -2.21. The van der Waals surface area contributed by atoms with E-state index in [1.807, 2.05) is 12.1 Å². The van der Waals surface area contributed by atoms with E-state index in [1.165, 1.54) is 12.1 Å². The number of hydrogen-bond donors (Lipinski definition) is 2. The molecule has 0 fully saturated rings.